The molecule has 0 aliphatic carbocycles. The first kappa shape index (κ1) is 32.7. The third-order valence-electron chi connectivity index (χ3n) is 7.43. The number of aliphatic carboxylic acids is 1. The lowest BCUT2D eigenvalue weighted by molar-refractivity contribution is -0.137. The zero-order valence-electron chi connectivity index (χ0n) is 25.8. The molecule has 0 spiro atoms. The molecule has 0 aromatic heterocycles. The highest BCUT2D eigenvalue weighted by Gasteiger charge is 2.22. The van der Waals surface area contributed by atoms with Crippen LogP contribution in [0.4, 0.5) is 0 Å². The number of nitrogens with one attached hydrogen (secondary N) is 1. The lowest BCUT2D eigenvalue weighted by Crippen LogP contribution is -2.35. The Balaban J connectivity index is 1.15. The molecular formula is C39H36N2O6. The van der Waals surface area contributed by atoms with Gasteiger partial charge < -0.3 is 24.8 Å². The quantitative estimate of drug-likeness (QED) is 0.0939. The van der Waals surface area contributed by atoms with Crippen LogP contribution in [-0.2, 0) is 17.9 Å². The molecule has 0 saturated heterocycles. The molecule has 0 fully saturated rings. The number of ether oxygens (including phenoxy) is 2. The van der Waals surface area contributed by atoms with E-state index in [4.69, 9.17) is 9.47 Å². The standard InChI is InChI=1S/C39H36N2O6/c42-36(43)27-41(26-29-16-20-35(21-17-29)47-28-30-10-4-1-5-11-30)39(45)33-18-22-34(23-19-33)46-25-24-40-37(31-12-6-2-7-13-31)38(44)32-14-8-3-9-15-32/h1-23,37,40H,24-28H2,(H,42,43). The second-order valence-corrected chi connectivity index (χ2v) is 10.9. The number of carbonyl (C=O) groups excluding carboxylic acids is 2. The number of hydrogen-bond acceptors (Lipinski definition) is 6. The number of nitrogens with zero attached hydrogens (tertiary/aromatic N) is 1. The van der Waals surface area contributed by atoms with Crippen LogP contribution in [0.3, 0.4) is 0 Å². The van der Waals surface area contributed by atoms with Gasteiger partial charge in [-0.3, -0.25) is 14.4 Å². The fourth-order valence-corrected chi connectivity index (χ4v) is 5.04. The molecule has 0 aliphatic heterocycles. The number of carboxylic acids is 1. The summed E-state index contributed by atoms with van der Waals surface area (Å²) in [5, 5.41) is 12.8. The summed E-state index contributed by atoms with van der Waals surface area (Å²) in [5.41, 5.74) is 3.66. The molecule has 8 heteroatoms. The molecule has 0 radical (unpaired) electrons. The molecule has 0 saturated carbocycles. The summed E-state index contributed by atoms with van der Waals surface area (Å²) >= 11 is 0. The van der Waals surface area contributed by atoms with Crippen molar-refractivity contribution in [3.8, 4) is 11.5 Å². The number of carbonyl (C=O) groups is 3. The lowest BCUT2D eigenvalue weighted by Gasteiger charge is -2.21. The Labute approximate surface area is 274 Å². The Morgan fingerprint density at radius 3 is 1.85 bits per heavy atom. The van der Waals surface area contributed by atoms with E-state index < -0.39 is 24.5 Å². The first-order chi connectivity index (χ1) is 23.0. The van der Waals surface area contributed by atoms with Crippen molar-refractivity contribution in [2.45, 2.75) is 19.2 Å². The van der Waals surface area contributed by atoms with E-state index in [9.17, 15) is 19.5 Å². The summed E-state index contributed by atoms with van der Waals surface area (Å²) in [6.07, 6.45) is 0. The predicted molar refractivity (Wildman–Crippen MR) is 179 cm³/mol. The van der Waals surface area contributed by atoms with E-state index in [1.54, 1.807) is 36.4 Å². The Morgan fingerprint density at radius 2 is 1.21 bits per heavy atom. The van der Waals surface area contributed by atoms with Crippen LogP contribution in [0.25, 0.3) is 0 Å². The van der Waals surface area contributed by atoms with Gasteiger partial charge in [0.05, 0.1) is 6.04 Å². The minimum atomic E-state index is -1.10. The molecule has 5 rings (SSSR count). The normalized spacial score (nSPS) is 11.3. The van der Waals surface area contributed by atoms with E-state index in [-0.39, 0.29) is 18.9 Å². The number of benzene rings is 5. The van der Waals surface area contributed by atoms with E-state index in [1.165, 1.54) is 4.90 Å². The van der Waals surface area contributed by atoms with Gasteiger partial charge in [0.15, 0.2) is 5.78 Å². The number of amides is 1. The average molecular weight is 629 g/mol. The molecule has 5 aromatic carbocycles. The minimum Gasteiger partial charge on any atom is -0.492 e. The van der Waals surface area contributed by atoms with Gasteiger partial charge in [0, 0.05) is 24.2 Å². The summed E-state index contributed by atoms with van der Waals surface area (Å²) in [6, 6.07) is 41.8. The monoisotopic (exact) mass is 628 g/mol. The van der Waals surface area contributed by atoms with Crippen LogP contribution in [0.1, 0.15) is 43.4 Å². The highest BCUT2D eigenvalue weighted by atomic mass is 16.5. The summed E-state index contributed by atoms with van der Waals surface area (Å²) in [4.78, 5) is 39.5. The first-order valence-corrected chi connectivity index (χ1v) is 15.3. The molecule has 238 valence electrons. The van der Waals surface area contributed by atoms with Crippen molar-refractivity contribution in [1.29, 1.82) is 0 Å². The molecule has 1 unspecified atom stereocenters. The molecule has 0 bridgehead atoms. The molecule has 0 heterocycles. The van der Waals surface area contributed by atoms with E-state index in [0.717, 1.165) is 16.7 Å². The van der Waals surface area contributed by atoms with Crippen molar-refractivity contribution in [1.82, 2.24) is 10.2 Å². The van der Waals surface area contributed by atoms with Gasteiger partial charge in [-0.05, 0) is 53.1 Å². The Bertz CT molecular complexity index is 1730. The van der Waals surface area contributed by atoms with Crippen LogP contribution in [0.15, 0.2) is 140 Å². The zero-order valence-corrected chi connectivity index (χ0v) is 25.8. The fourth-order valence-electron chi connectivity index (χ4n) is 5.04. The van der Waals surface area contributed by atoms with Crippen LogP contribution in [0.2, 0.25) is 0 Å². The molecule has 0 aliphatic rings. The maximum atomic E-state index is 13.3. The van der Waals surface area contributed by atoms with Crippen molar-refractivity contribution in [3.05, 3.63) is 167 Å². The topological polar surface area (TPSA) is 105 Å². The van der Waals surface area contributed by atoms with Crippen LogP contribution in [0.5, 0.6) is 11.5 Å². The van der Waals surface area contributed by atoms with Crippen LogP contribution in [-0.4, -0.2) is 47.4 Å². The van der Waals surface area contributed by atoms with Crippen molar-refractivity contribution in [2.75, 3.05) is 19.7 Å². The molecule has 47 heavy (non-hydrogen) atoms. The maximum Gasteiger partial charge on any atom is 0.323 e. The Kier molecular flexibility index (Phi) is 11.5. The maximum absolute atomic E-state index is 13.3. The number of rotatable bonds is 16. The molecular weight excluding hydrogens is 592 g/mol. The van der Waals surface area contributed by atoms with Crippen LogP contribution >= 0.6 is 0 Å². The van der Waals surface area contributed by atoms with E-state index in [1.807, 2.05) is 103 Å². The molecule has 1 amide bonds. The average Bonchev–Trinajstić information content (AvgIpc) is 3.12. The Morgan fingerprint density at radius 1 is 0.638 bits per heavy atom. The zero-order chi connectivity index (χ0) is 32.8. The summed E-state index contributed by atoms with van der Waals surface area (Å²) in [6.45, 7) is 0.802. The van der Waals surface area contributed by atoms with Gasteiger partial charge in [-0.25, -0.2) is 0 Å². The minimum absolute atomic E-state index is 0.0297. The number of ketones is 1. The van der Waals surface area contributed by atoms with E-state index >= 15 is 0 Å². The molecule has 5 aromatic rings. The SMILES string of the molecule is O=C(O)CN(Cc1ccc(OCc2ccccc2)cc1)C(=O)c1ccc(OCCNC(C(=O)c2ccccc2)c2ccccc2)cc1. The highest BCUT2D eigenvalue weighted by Crippen LogP contribution is 2.20. The predicted octanol–water partition coefficient (Wildman–Crippen LogP) is 6.59. The van der Waals surface area contributed by atoms with Gasteiger partial charge in [-0.1, -0.05) is 103 Å². The summed E-state index contributed by atoms with van der Waals surface area (Å²) in [7, 11) is 0. The third-order valence-corrected chi connectivity index (χ3v) is 7.43. The van der Waals surface area contributed by atoms with E-state index in [0.29, 0.717) is 35.8 Å². The lowest BCUT2D eigenvalue weighted by atomic mass is 9.97. The fraction of sp³-hybridized carbons (Fsp3) is 0.154. The van der Waals surface area contributed by atoms with Gasteiger partial charge >= 0.3 is 5.97 Å². The first-order valence-electron chi connectivity index (χ1n) is 15.3. The van der Waals surface area contributed by atoms with Crippen LogP contribution < -0.4 is 14.8 Å². The van der Waals surface area contributed by atoms with Gasteiger partial charge in [0.25, 0.3) is 5.91 Å². The van der Waals surface area contributed by atoms with Gasteiger partial charge in [0.1, 0.15) is 31.3 Å². The smallest absolute Gasteiger partial charge is 0.323 e. The summed E-state index contributed by atoms with van der Waals surface area (Å²) < 4.78 is 11.7. The van der Waals surface area contributed by atoms with Crippen molar-refractivity contribution in [2.24, 2.45) is 0 Å². The second-order valence-electron chi connectivity index (χ2n) is 10.9. The third kappa shape index (κ3) is 9.63. The van der Waals surface area contributed by atoms with Crippen molar-refractivity contribution in [3.63, 3.8) is 0 Å². The molecule has 1 atom stereocenters. The number of Topliss-reactive ketones (excluding diaryl/α,β-unsaturated/α-hetero) is 1. The number of hydrogen-bond donors (Lipinski definition) is 2. The number of carboxylic acid groups (broad SMARTS) is 1. The van der Waals surface area contributed by atoms with Crippen molar-refractivity contribution < 1.29 is 29.0 Å². The molecule has 2 N–H and O–H groups in total. The summed E-state index contributed by atoms with van der Waals surface area (Å²) in [5.74, 6) is -0.316. The molecule has 8 nitrogen and oxygen atoms in total. The van der Waals surface area contributed by atoms with Crippen molar-refractivity contribution >= 4 is 17.7 Å². The largest absolute Gasteiger partial charge is 0.492 e. The Hall–Kier alpha value is -5.73. The van der Waals surface area contributed by atoms with Gasteiger partial charge in [-0.2, -0.15) is 0 Å². The highest BCUT2D eigenvalue weighted by molar-refractivity contribution is 6.00. The van der Waals surface area contributed by atoms with E-state index in [2.05, 4.69) is 5.32 Å². The van der Waals surface area contributed by atoms with Gasteiger partial charge in [0.2, 0.25) is 0 Å². The van der Waals surface area contributed by atoms with Gasteiger partial charge in [-0.15, -0.1) is 0 Å². The van der Waals surface area contributed by atoms with Crippen LogP contribution in [0, 0.1) is 0 Å². The second kappa shape index (κ2) is 16.5.